The van der Waals surface area contributed by atoms with Crippen molar-refractivity contribution in [1.82, 2.24) is 15.3 Å². The number of amides is 1. The van der Waals surface area contributed by atoms with Crippen molar-refractivity contribution in [3.63, 3.8) is 0 Å². The smallest absolute Gasteiger partial charge is 0.222 e. The van der Waals surface area contributed by atoms with Gasteiger partial charge in [-0.05, 0) is 29.8 Å². The van der Waals surface area contributed by atoms with Crippen LogP contribution < -0.4 is 10.1 Å². The summed E-state index contributed by atoms with van der Waals surface area (Å²) in [6.07, 6.45) is 5.31. The highest BCUT2D eigenvalue weighted by atomic mass is 16.5. The molecule has 1 amide bonds. The molecule has 2 aromatic rings. The Kier molecular flexibility index (Phi) is 6.32. The maximum absolute atomic E-state index is 11.4. The highest BCUT2D eigenvalue weighted by Crippen LogP contribution is 2.21. The van der Waals surface area contributed by atoms with Crippen molar-refractivity contribution < 1.29 is 14.3 Å². The third-order valence-electron chi connectivity index (χ3n) is 2.88. The summed E-state index contributed by atoms with van der Waals surface area (Å²) in [5.41, 5.74) is 1.83. The van der Waals surface area contributed by atoms with E-state index in [1.165, 1.54) is 6.33 Å². The molecule has 0 atom stereocenters. The summed E-state index contributed by atoms with van der Waals surface area (Å²) in [5, 5.41) is 2.76. The average Bonchev–Trinajstić information content (AvgIpc) is 2.58. The van der Waals surface area contributed by atoms with E-state index in [1.54, 1.807) is 25.6 Å². The fourth-order valence-electron chi connectivity index (χ4n) is 1.79. The van der Waals surface area contributed by atoms with Crippen LogP contribution in [0.3, 0.4) is 0 Å². The molecule has 115 valence electrons. The van der Waals surface area contributed by atoms with E-state index in [0.717, 1.165) is 11.1 Å². The van der Waals surface area contributed by atoms with Gasteiger partial charge in [0.05, 0.1) is 13.2 Å². The zero-order chi connectivity index (χ0) is 15.6. The summed E-state index contributed by atoms with van der Waals surface area (Å²) in [7, 11) is 1.57. The maximum atomic E-state index is 11.4. The number of carbonyl (C=O) groups excluding carboxylic acids is 1. The van der Waals surface area contributed by atoms with Crippen LogP contribution in [0.4, 0.5) is 0 Å². The Morgan fingerprint density at radius 1 is 1.23 bits per heavy atom. The number of hydrogen-bond acceptors (Lipinski definition) is 5. The van der Waals surface area contributed by atoms with Crippen LogP contribution in [0.5, 0.6) is 5.75 Å². The van der Waals surface area contributed by atoms with Crippen LogP contribution in [0.2, 0.25) is 0 Å². The zero-order valence-electron chi connectivity index (χ0n) is 12.4. The fraction of sp³-hybridized carbons (Fsp3) is 0.312. The fourth-order valence-corrected chi connectivity index (χ4v) is 1.79. The summed E-state index contributed by atoms with van der Waals surface area (Å²) < 4.78 is 10.4. The molecule has 0 saturated carbocycles. The average molecular weight is 300 g/mol. The molecule has 6 heteroatoms. The molecule has 22 heavy (non-hydrogen) atoms. The summed E-state index contributed by atoms with van der Waals surface area (Å²) in [6, 6.07) is 8.51. The molecule has 0 unspecified atom stereocenters. The Bertz CT molecular complexity index is 590. The van der Waals surface area contributed by atoms with Crippen LogP contribution in [0.15, 0.2) is 36.9 Å². The van der Waals surface area contributed by atoms with E-state index in [1.807, 2.05) is 12.1 Å². The number of benzene rings is 1. The standard InChI is InChI=1S/C16H18N3O3/c1-21-7-5-16(20)19-6-8-22-15-4-2-3-13(9-15)14-10-17-12-18-11-14/h3-4,9-12H,5-8H2,1H3,(H,19,20). The van der Waals surface area contributed by atoms with Gasteiger partial charge in [0.2, 0.25) is 5.91 Å². The maximum Gasteiger partial charge on any atom is 0.222 e. The van der Waals surface area contributed by atoms with Crippen LogP contribution in [-0.2, 0) is 9.53 Å². The van der Waals surface area contributed by atoms with E-state index < -0.39 is 0 Å². The molecule has 0 aliphatic heterocycles. The minimum atomic E-state index is -0.0489. The van der Waals surface area contributed by atoms with E-state index in [9.17, 15) is 4.79 Å². The third-order valence-corrected chi connectivity index (χ3v) is 2.88. The number of methoxy groups -OCH3 is 1. The number of carbonyl (C=O) groups is 1. The summed E-state index contributed by atoms with van der Waals surface area (Å²) >= 11 is 0. The van der Waals surface area contributed by atoms with E-state index in [-0.39, 0.29) is 5.91 Å². The van der Waals surface area contributed by atoms with Crippen LogP contribution in [0.1, 0.15) is 6.42 Å². The second kappa shape index (κ2) is 8.74. The van der Waals surface area contributed by atoms with Gasteiger partial charge in [0, 0.05) is 31.5 Å². The molecule has 0 aliphatic carbocycles. The van der Waals surface area contributed by atoms with E-state index in [4.69, 9.17) is 9.47 Å². The van der Waals surface area contributed by atoms with Gasteiger partial charge in [-0.25, -0.2) is 9.97 Å². The summed E-state index contributed by atoms with van der Waals surface area (Å²) in [6.45, 7) is 1.26. The Labute approximate surface area is 129 Å². The molecule has 6 nitrogen and oxygen atoms in total. The van der Waals surface area contributed by atoms with Gasteiger partial charge in [0.1, 0.15) is 18.7 Å². The van der Waals surface area contributed by atoms with Crippen molar-refractivity contribution in [2.75, 3.05) is 26.9 Å². The first kappa shape index (κ1) is 15.9. The van der Waals surface area contributed by atoms with Gasteiger partial charge in [-0.2, -0.15) is 0 Å². The van der Waals surface area contributed by atoms with Crippen molar-refractivity contribution in [1.29, 1.82) is 0 Å². The Balaban J connectivity index is 1.80. The van der Waals surface area contributed by atoms with Crippen LogP contribution in [0, 0.1) is 6.07 Å². The molecule has 2 rings (SSSR count). The van der Waals surface area contributed by atoms with Crippen molar-refractivity contribution >= 4 is 5.91 Å². The molecular formula is C16H18N3O3. The predicted octanol–water partition coefficient (Wildman–Crippen LogP) is 1.48. The van der Waals surface area contributed by atoms with E-state index in [2.05, 4.69) is 21.4 Å². The van der Waals surface area contributed by atoms with Crippen molar-refractivity contribution in [3.8, 4) is 16.9 Å². The first-order valence-corrected chi connectivity index (χ1v) is 6.94. The molecule has 1 heterocycles. The van der Waals surface area contributed by atoms with Gasteiger partial charge < -0.3 is 14.8 Å². The van der Waals surface area contributed by atoms with E-state index in [0.29, 0.717) is 31.9 Å². The molecule has 1 radical (unpaired) electrons. The lowest BCUT2D eigenvalue weighted by Crippen LogP contribution is -2.28. The highest BCUT2D eigenvalue weighted by molar-refractivity contribution is 5.75. The Hall–Kier alpha value is -2.47. The quantitative estimate of drug-likeness (QED) is 0.747. The van der Waals surface area contributed by atoms with Crippen molar-refractivity contribution in [2.24, 2.45) is 0 Å². The monoisotopic (exact) mass is 300 g/mol. The van der Waals surface area contributed by atoms with Gasteiger partial charge in [0.25, 0.3) is 0 Å². The molecule has 0 aliphatic rings. The first-order valence-electron chi connectivity index (χ1n) is 6.94. The van der Waals surface area contributed by atoms with Crippen LogP contribution in [0.25, 0.3) is 11.1 Å². The van der Waals surface area contributed by atoms with Gasteiger partial charge in [-0.3, -0.25) is 4.79 Å². The molecule has 1 N–H and O–H groups in total. The van der Waals surface area contributed by atoms with Crippen molar-refractivity contribution in [3.05, 3.63) is 43.0 Å². The lowest BCUT2D eigenvalue weighted by molar-refractivity contribution is -0.122. The lowest BCUT2D eigenvalue weighted by atomic mass is 10.1. The van der Waals surface area contributed by atoms with Crippen molar-refractivity contribution in [2.45, 2.75) is 6.42 Å². The van der Waals surface area contributed by atoms with Crippen LogP contribution >= 0.6 is 0 Å². The molecule has 0 bridgehead atoms. The number of ether oxygens (including phenoxy) is 2. The molecule has 1 aromatic heterocycles. The number of rotatable bonds is 8. The second-order valence-corrected chi connectivity index (χ2v) is 4.53. The number of nitrogens with one attached hydrogen (secondary N) is 1. The topological polar surface area (TPSA) is 73.3 Å². The van der Waals surface area contributed by atoms with Crippen LogP contribution in [-0.4, -0.2) is 42.7 Å². The van der Waals surface area contributed by atoms with Gasteiger partial charge >= 0.3 is 0 Å². The normalized spacial score (nSPS) is 10.2. The van der Waals surface area contributed by atoms with Gasteiger partial charge in [-0.15, -0.1) is 0 Å². The predicted molar refractivity (Wildman–Crippen MR) is 81.3 cm³/mol. The molecule has 0 fully saturated rings. The summed E-state index contributed by atoms with van der Waals surface area (Å²) in [5.74, 6) is 0.639. The Morgan fingerprint density at radius 3 is 2.82 bits per heavy atom. The van der Waals surface area contributed by atoms with Gasteiger partial charge in [0.15, 0.2) is 0 Å². The number of hydrogen-bond donors (Lipinski definition) is 1. The van der Waals surface area contributed by atoms with E-state index >= 15 is 0 Å². The largest absolute Gasteiger partial charge is 0.492 e. The molecule has 0 spiro atoms. The molecule has 1 aromatic carbocycles. The Morgan fingerprint density at radius 2 is 2.05 bits per heavy atom. The lowest BCUT2D eigenvalue weighted by Gasteiger charge is -2.09. The number of nitrogens with zero attached hydrogens (tertiary/aromatic N) is 2. The molecular weight excluding hydrogens is 282 g/mol. The minimum Gasteiger partial charge on any atom is -0.492 e. The highest BCUT2D eigenvalue weighted by Gasteiger charge is 2.02. The number of aromatic nitrogens is 2. The zero-order valence-corrected chi connectivity index (χ0v) is 12.4. The van der Waals surface area contributed by atoms with Gasteiger partial charge in [-0.1, -0.05) is 0 Å². The second-order valence-electron chi connectivity index (χ2n) is 4.53. The SMILES string of the molecule is COCCC(=O)NCCOc1c[c]cc(-c2cncnc2)c1. The first-order chi connectivity index (χ1) is 10.8. The summed E-state index contributed by atoms with van der Waals surface area (Å²) in [4.78, 5) is 19.4. The minimum absolute atomic E-state index is 0.0489. The third kappa shape index (κ3) is 5.14. The molecule has 0 saturated heterocycles.